The summed E-state index contributed by atoms with van der Waals surface area (Å²) in [5.74, 6) is 0. The number of hydrogen-bond donors (Lipinski definition) is 1. The van der Waals surface area contributed by atoms with E-state index in [0.29, 0.717) is 29.8 Å². The van der Waals surface area contributed by atoms with Crippen LogP contribution in [0.4, 0.5) is 0 Å². The van der Waals surface area contributed by atoms with Crippen LogP contribution in [0.5, 0.6) is 0 Å². The molecule has 0 bridgehead atoms. The summed E-state index contributed by atoms with van der Waals surface area (Å²) in [6, 6.07) is 5.51. The standard InChI is InChI=1S/C13H17Cl2NO/c1-10(2)9-17-6-5-16-8-11-3-4-12(14)7-13(11)15/h3-4,7,16H,1,5-6,8-9H2,2H3. The van der Waals surface area contributed by atoms with Crippen LogP contribution in [0.15, 0.2) is 30.4 Å². The molecule has 0 amide bonds. The van der Waals surface area contributed by atoms with E-state index in [1.54, 1.807) is 6.07 Å². The topological polar surface area (TPSA) is 21.3 Å². The van der Waals surface area contributed by atoms with Crippen LogP contribution >= 0.6 is 23.2 Å². The zero-order chi connectivity index (χ0) is 12.7. The Labute approximate surface area is 113 Å². The Morgan fingerprint density at radius 1 is 1.41 bits per heavy atom. The first-order valence-electron chi connectivity index (χ1n) is 5.46. The average molecular weight is 274 g/mol. The molecule has 0 atom stereocenters. The molecular formula is C13H17Cl2NO. The molecular weight excluding hydrogens is 257 g/mol. The highest BCUT2D eigenvalue weighted by molar-refractivity contribution is 6.35. The number of hydrogen-bond acceptors (Lipinski definition) is 2. The van der Waals surface area contributed by atoms with Gasteiger partial charge in [0.2, 0.25) is 0 Å². The lowest BCUT2D eigenvalue weighted by Crippen LogP contribution is -2.19. The van der Waals surface area contributed by atoms with Crippen LogP contribution < -0.4 is 5.32 Å². The van der Waals surface area contributed by atoms with Crippen molar-refractivity contribution in [1.82, 2.24) is 5.32 Å². The summed E-state index contributed by atoms with van der Waals surface area (Å²) in [6.45, 7) is 8.49. The molecule has 1 N–H and O–H groups in total. The van der Waals surface area contributed by atoms with Crippen molar-refractivity contribution in [3.8, 4) is 0 Å². The number of ether oxygens (including phenoxy) is 1. The fourth-order valence-corrected chi connectivity index (χ4v) is 1.75. The number of halogens is 2. The van der Waals surface area contributed by atoms with Gasteiger partial charge in [-0.1, -0.05) is 41.4 Å². The van der Waals surface area contributed by atoms with Crippen molar-refractivity contribution in [1.29, 1.82) is 0 Å². The molecule has 0 unspecified atom stereocenters. The lowest BCUT2D eigenvalue weighted by molar-refractivity contribution is 0.158. The van der Waals surface area contributed by atoms with Gasteiger partial charge in [-0.25, -0.2) is 0 Å². The third-order valence-electron chi connectivity index (χ3n) is 2.10. The number of benzene rings is 1. The summed E-state index contributed by atoms with van der Waals surface area (Å²) in [6.07, 6.45) is 0. The summed E-state index contributed by atoms with van der Waals surface area (Å²) in [4.78, 5) is 0. The van der Waals surface area contributed by atoms with E-state index in [-0.39, 0.29) is 0 Å². The van der Waals surface area contributed by atoms with Crippen LogP contribution in [-0.4, -0.2) is 19.8 Å². The quantitative estimate of drug-likeness (QED) is 0.605. The Morgan fingerprint density at radius 3 is 2.82 bits per heavy atom. The molecule has 0 heterocycles. The first kappa shape index (κ1) is 14.5. The molecule has 0 aliphatic carbocycles. The summed E-state index contributed by atoms with van der Waals surface area (Å²) in [7, 11) is 0. The second-order valence-corrected chi connectivity index (χ2v) is 4.77. The lowest BCUT2D eigenvalue weighted by Gasteiger charge is -2.07. The maximum atomic E-state index is 6.04. The van der Waals surface area contributed by atoms with Crippen molar-refractivity contribution in [3.63, 3.8) is 0 Å². The highest BCUT2D eigenvalue weighted by Gasteiger charge is 2.00. The van der Waals surface area contributed by atoms with Crippen LogP contribution in [0, 0.1) is 0 Å². The molecule has 1 aromatic rings. The van der Waals surface area contributed by atoms with Gasteiger partial charge in [0.25, 0.3) is 0 Å². The van der Waals surface area contributed by atoms with Crippen LogP contribution in [-0.2, 0) is 11.3 Å². The number of nitrogens with one attached hydrogen (secondary N) is 1. The zero-order valence-corrected chi connectivity index (χ0v) is 11.4. The van der Waals surface area contributed by atoms with Crippen LogP contribution in [0.2, 0.25) is 10.0 Å². The first-order chi connectivity index (χ1) is 8.09. The molecule has 94 valence electrons. The molecule has 1 rings (SSSR count). The molecule has 4 heteroatoms. The Bertz CT molecular complexity index is 380. The monoisotopic (exact) mass is 273 g/mol. The van der Waals surface area contributed by atoms with Gasteiger partial charge in [-0.05, 0) is 24.6 Å². The minimum absolute atomic E-state index is 0.614. The van der Waals surface area contributed by atoms with Crippen molar-refractivity contribution in [2.24, 2.45) is 0 Å². The van der Waals surface area contributed by atoms with Gasteiger partial charge in [-0.15, -0.1) is 0 Å². The summed E-state index contributed by atoms with van der Waals surface area (Å²) < 4.78 is 5.37. The normalized spacial score (nSPS) is 10.5. The Hall–Kier alpha value is -0.540. The molecule has 0 spiro atoms. The van der Waals surface area contributed by atoms with E-state index in [1.807, 2.05) is 19.1 Å². The van der Waals surface area contributed by atoms with Crippen LogP contribution in [0.3, 0.4) is 0 Å². The predicted octanol–water partition coefficient (Wildman–Crippen LogP) is 3.68. The molecule has 2 nitrogen and oxygen atoms in total. The van der Waals surface area contributed by atoms with Gasteiger partial charge >= 0.3 is 0 Å². The Balaban J connectivity index is 2.20. The molecule has 0 fully saturated rings. The predicted molar refractivity (Wildman–Crippen MR) is 73.8 cm³/mol. The maximum Gasteiger partial charge on any atom is 0.0672 e. The molecule has 1 aromatic carbocycles. The molecule has 0 aliphatic heterocycles. The van der Waals surface area contributed by atoms with E-state index >= 15 is 0 Å². The van der Waals surface area contributed by atoms with Gasteiger partial charge in [0.05, 0.1) is 13.2 Å². The van der Waals surface area contributed by atoms with Gasteiger partial charge in [0.1, 0.15) is 0 Å². The minimum Gasteiger partial charge on any atom is -0.376 e. The second-order valence-electron chi connectivity index (χ2n) is 3.92. The Kier molecular flexibility index (Phi) is 6.60. The van der Waals surface area contributed by atoms with E-state index in [4.69, 9.17) is 27.9 Å². The van der Waals surface area contributed by atoms with Gasteiger partial charge < -0.3 is 10.1 Å². The largest absolute Gasteiger partial charge is 0.376 e. The fraction of sp³-hybridized carbons (Fsp3) is 0.385. The molecule has 0 saturated carbocycles. The van der Waals surface area contributed by atoms with E-state index in [1.165, 1.54) is 0 Å². The first-order valence-corrected chi connectivity index (χ1v) is 6.22. The van der Waals surface area contributed by atoms with Gasteiger partial charge in [0, 0.05) is 23.1 Å². The highest BCUT2D eigenvalue weighted by atomic mass is 35.5. The summed E-state index contributed by atoms with van der Waals surface area (Å²) in [5, 5.41) is 4.60. The molecule has 17 heavy (non-hydrogen) atoms. The second kappa shape index (κ2) is 7.72. The number of rotatable bonds is 7. The average Bonchev–Trinajstić information content (AvgIpc) is 2.25. The SMILES string of the molecule is C=C(C)COCCNCc1ccc(Cl)cc1Cl. The third kappa shape index (κ3) is 6.08. The van der Waals surface area contributed by atoms with Crippen molar-refractivity contribution < 1.29 is 4.74 Å². The van der Waals surface area contributed by atoms with Crippen molar-refractivity contribution in [2.75, 3.05) is 19.8 Å². The van der Waals surface area contributed by atoms with Gasteiger partial charge in [-0.2, -0.15) is 0 Å². The third-order valence-corrected chi connectivity index (χ3v) is 2.69. The molecule has 0 aromatic heterocycles. The van der Waals surface area contributed by atoms with E-state index in [9.17, 15) is 0 Å². The lowest BCUT2D eigenvalue weighted by atomic mass is 10.2. The fourth-order valence-electron chi connectivity index (χ4n) is 1.28. The van der Waals surface area contributed by atoms with Crippen LogP contribution in [0.25, 0.3) is 0 Å². The van der Waals surface area contributed by atoms with E-state index < -0.39 is 0 Å². The van der Waals surface area contributed by atoms with Crippen LogP contribution in [0.1, 0.15) is 12.5 Å². The summed E-state index contributed by atoms with van der Waals surface area (Å²) in [5.41, 5.74) is 2.07. The molecule has 0 aliphatic rings. The summed E-state index contributed by atoms with van der Waals surface area (Å²) >= 11 is 11.9. The van der Waals surface area contributed by atoms with Crippen molar-refractivity contribution >= 4 is 23.2 Å². The Morgan fingerprint density at radius 2 is 2.18 bits per heavy atom. The van der Waals surface area contributed by atoms with Gasteiger partial charge in [0.15, 0.2) is 0 Å². The molecule has 0 saturated heterocycles. The smallest absolute Gasteiger partial charge is 0.0672 e. The highest BCUT2D eigenvalue weighted by Crippen LogP contribution is 2.20. The van der Waals surface area contributed by atoms with E-state index in [2.05, 4.69) is 11.9 Å². The maximum absolute atomic E-state index is 6.04. The van der Waals surface area contributed by atoms with Gasteiger partial charge in [-0.3, -0.25) is 0 Å². The minimum atomic E-state index is 0.614. The van der Waals surface area contributed by atoms with Crippen molar-refractivity contribution in [3.05, 3.63) is 46.0 Å². The zero-order valence-electron chi connectivity index (χ0n) is 9.93. The van der Waals surface area contributed by atoms with E-state index in [0.717, 1.165) is 17.7 Å². The van der Waals surface area contributed by atoms with Crippen molar-refractivity contribution in [2.45, 2.75) is 13.5 Å². The molecule has 0 radical (unpaired) electrons.